The molecule has 0 aromatic heterocycles. The van der Waals surface area contributed by atoms with Crippen molar-refractivity contribution >= 4 is 11.8 Å². The second-order valence-electron chi connectivity index (χ2n) is 4.39. The van der Waals surface area contributed by atoms with Gasteiger partial charge in [0.15, 0.2) is 0 Å². The molecule has 2 rings (SSSR count). The molecule has 1 aliphatic rings. The van der Waals surface area contributed by atoms with E-state index >= 15 is 0 Å². The highest BCUT2D eigenvalue weighted by Gasteiger charge is 2.18. The summed E-state index contributed by atoms with van der Waals surface area (Å²) in [5, 5.41) is 3.70. The van der Waals surface area contributed by atoms with E-state index in [0.29, 0.717) is 6.04 Å². The highest BCUT2D eigenvalue weighted by molar-refractivity contribution is 7.99. The maximum atomic E-state index is 3.70. The van der Waals surface area contributed by atoms with E-state index in [0.717, 1.165) is 6.54 Å². The molecule has 0 saturated carbocycles. The van der Waals surface area contributed by atoms with Gasteiger partial charge in [-0.1, -0.05) is 38.0 Å². The lowest BCUT2D eigenvalue weighted by molar-refractivity contribution is 0.494. The molecule has 1 N–H and O–H groups in total. The number of fused-ring (bicyclic) bond motifs is 1. The van der Waals surface area contributed by atoms with Crippen LogP contribution in [-0.4, -0.2) is 12.3 Å². The molecule has 1 unspecified atom stereocenters. The Morgan fingerprint density at radius 3 is 3.06 bits per heavy atom. The molecule has 1 heterocycles. The van der Waals surface area contributed by atoms with Gasteiger partial charge in [-0.3, -0.25) is 0 Å². The van der Waals surface area contributed by atoms with Crippen molar-refractivity contribution in [1.29, 1.82) is 0 Å². The van der Waals surface area contributed by atoms with Crippen LogP contribution in [0.15, 0.2) is 29.2 Å². The molecule has 0 spiro atoms. The quantitative estimate of drug-likeness (QED) is 0.774. The van der Waals surface area contributed by atoms with Gasteiger partial charge in [0.25, 0.3) is 0 Å². The lowest BCUT2D eigenvalue weighted by Crippen LogP contribution is -2.25. The number of hydrogen-bond acceptors (Lipinski definition) is 2. The number of unbranched alkanes of at least 4 members (excludes halogenated alkanes) is 2. The highest BCUT2D eigenvalue weighted by atomic mass is 32.2. The van der Waals surface area contributed by atoms with E-state index in [1.807, 2.05) is 11.8 Å². The maximum absolute atomic E-state index is 3.70. The van der Waals surface area contributed by atoms with Crippen LogP contribution < -0.4 is 5.32 Å². The molecule has 0 saturated heterocycles. The van der Waals surface area contributed by atoms with Crippen LogP contribution in [-0.2, 0) is 0 Å². The second-order valence-corrected chi connectivity index (χ2v) is 5.53. The van der Waals surface area contributed by atoms with Gasteiger partial charge in [-0.25, -0.2) is 0 Å². The molecule has 16 heavy (non-hydrogen) atoms. The summed E-state index contributed by atoms with van der Waals surface area (Å²) in [6.45, 7) is 3.42. The molecule has 1 nitrogen and oxygen atoms in total. The zero-order valence-corrected chi connectivity index (χ0v) is 10.9. The third kappa shape index (κ3) is 3.02. The van der Waals surface area contributed by atoms with Gasteiger partial charge in [0.1, 0.15) is 0 Å². The highest BCUT2D eigenvalue weighted by Crippen LogP contribution is 2.35. The van der Waals surface area contributed by atoms with Crippen molar-refractivity contribution in [3.05, 3.63) is 29.8 Å². The Balaban J connectivity index is 1.91. The van der Waals surface area contributed by atoms with Gasteiger partial charge in [-0.15, -0.1) is 11.8 Å². The molecule has 1 aromatic rings. The van der Waals surface area contributed by atoms with Gasteiger partial charge in [0, 0.05) is 10.9 Å². The molecule has 0 bridgehead atoms. The van der Waals surface area contributed by atoms with Crippen LogP contribution in [0.1, 0.15) is 44.2 Å². The zero-order chi connectivity index (χ0) is 11.2. The fourth-order valence-corrected chi connectivity index (χ4v) is 3.33. The average molecular weight is 235 g/mol. The van der Waals surface area contributed by atoms with E-state index in [4.69, 9.17) is 0 Å². The topological polar surface area (TPSA) is 12.0 Å². The number of hydrogen-bond donors (Lipinski definition) is 1. The minimum Gasteiger partial charge on any atom is -0.310 e. The SMILES string of the molecule is CCCCCNC1CCSc2ccccc21. The molecule has 1 atom stereocenters. The molecule has 0 fully saturated rings. The van der Waals surface area contributed by atoms with Crippen molar-refractivity contribution in [3.63, 3.8) is 0 Å². The molecule has 1 aromatic carbocycles. The van der Waals surface area contributed by atoms with Crippen molar-refractivity contribution < 1.29 is 0 Å². The van der Waals surface area contributed by atoms with Crippen molar-refractivity contribution in [2.24, 2.45) is 0 Å². The van der Waals surface area contributed by atoms with Gasteiger partial charge >= 0.3 is 0 Å². The Labute approximate surface area is 103 Å². The molecule has 2 heteroatoms. The van der Waals surface area contributed by atoms with Gasteiger partial charge in [0.2, 0.25) is 0 Å². The van der Waals surface area contributed by atoms with Crippen LogP contribution in [0.4, 0.5) is 0 Å². The van der Waals surface area contributed by atoms with Crippen LogP contribution in [0.25, 0.3) is 0 Å². The van der Waals surface area contributed by atoms with Crippen LogP contribution in [0.3, 0.4) is 0 Å². The number of nitrogens with one attached hydrogen (secondary N) is 1. The first-order valence-electron chi connectivity index (χ1n) is 6.37. The summed E-state index contributed by atoms with van der Waals surface area (Å²) in [6.07, 6.45) is 5.23. The van der Waals surface area contributed by atoms with E-state index in [-0.39, 0.29) is 0 Å². The molecular weight excluding hydrogens is 214 g/mol. The predicted molar refractivity (Wildman–Crippen MR) is 72.1 cm³/mol. The lowest BCUT2D eigenvalue weighted by Gasteiger charge is -2.26. The fourth-order valence-electron chi connectivity index (χ4n) is 2.21. The average Bonchev–Trinajstić information content (AvgIpc) is 2.35. The Kier molecular flexibility index (Phi) is 4.73. The van der Waals surface area contributed by atoms with Gasteiger partial charge in [0.05, 0.1) is 0 Å². The maximum Gasteiger partial charge on any atom is 0.0339 e. The molecule has 0 amide bonds. The van der Waals surface area contributed by atoms with Crippen LogP contribution >= 0.6 is 11.8 Å². The van der Waals surface area contributed by atoms with E-state index in [2.05, 4.69) is 36.5 Å². The van der Waals surface area contributed by atoms with Gasteiger partial charge in [-0.2, -0.15) is 0 Å². The van der Waals surface area contributed by atoms with Crippen molar-refractivity contribution in [3.8, 4) is 0 Å². The predicted octanol–water partition coefficient (Wildman–Crippen LogP) is 4.00. The fraction of sp³-hybridized carbons (Fsp3) is 0.571. The summed E-state index contributed by atoms with van der Waals surface area (Å²) >= 11 is 2.00. The summed E-state index contributed by atoms with van der Waals surface area (Å²) in [7, 11) is 0. The van der Waals surface area contributed by atoms with Gasteiger partial charge < -0.3 is 5.32 Å². The third-order valence-electron chi connectivity index (χ3n) is 3.13. The van der Waals surface area contributed by atoms with E-state index < -0.39 is 0 Å². The normalized spacial score (nSPS) is 19.4. The molecular formula is C14H21NS. The number of thioether (sulfide) groups is 1. The van der Waals surface area contributed by atoms with Crippen LogP contribution in [0, 0.1) is 0 Å². The minimum atomic E-state index is 0.592. The summed E-state index contributed by atoms with van der Waals surface area (Å²) in [5.74, 6) is 1.25. The smallest absolute Gasteiger partial charge is 0.0339 e. The van der Waals surface area contributed by atoms with E-state index in [9.17, 15) is 0 Å². The number of benzene rings is 1. The second kappa shape index (κ2) is 6.31. The Morgan fingerprint density at radius 1 is 1.31 bits per heavy atom. The summed E-state index contributed by atoms with van der Waals surface area (Å²) in [6, 6.07) is 9.42. The van der Waals surface area contributed by atoms with Crippen molar-refractivity contribution in [1.82, 2.24) is 5.32 Å². The summed E-state index contributed by atoms with van der Waals surface area (Å²) < 4.78 is 0. The number of rotatable bonds is 5. The Morgan fingerprint density at radius 2 is 2.19 bits per heavy atom. The largest absolute Gasteiger partial charge is 0.310 e. The first-order valence-corrected chi connectivity index (χ1v) is 7.35. The van der Waals surface area contributed by atoms with Gasteiger partial charge in [-0.05, 0) is 36.8 Å². The summed E-state index contributed by atoms with van der Waals surface area (Å²) in [5.41, 5.74) is 1.51. The standard InChI is InChI=1S/C14H21NS/c1-2-3-6-10-15-13-9-11-16-14-8-5-4-7-12(13)14/h4-5,7-8,13,15H,2-3,6,9-11H2,1H3. The molecule has 88 valence electrons. The minimum absolute atomic E-state index is 0.592. The van der Waals surface area contributed by atoms with E-state index in [1.165, 1.54) is 41.9 Å². The zero-order valence-electron chi connectivity index (χ0n) is 10.0. The molecule has 0 radical (unpaired) electrons. The Hall–Kier alpha value is -0.470. The monoisotopic (exact) mass is 235 g/mol. The van der Waals surface area contributed by atoms with Crippen molar-refractivity contribution in [2.75, 3.05) is 12.3 Å². The Bertz CT molecular complexity index is 324. The third-order valence-corrected chi connectivity index (χ3v) is 4.25. The summed E-state index contributed by atoms with van der Waals surface area (Å²) in [4.78, 5) is 1.47. The lowest BCUT2D eigenvalue weighted by atomic mass is 10.0. The van der Waals surface area contributed by atoms with E-state index in [1.54, 1.807) is 0 Å². The molecule has 1 aliphatic heterocycles. The van der Waals surface area contributed by atoms with Crippen LogP contribution in [0.2, 0.25) is 0 Å². The van der Waals surface area contributed by atoms with Crippen LogP contribution in [0.5, 0.6) is 0 Å². The first-order chi connectivity index (χ1) is 7.92. The first kappa shape index (κ1) is 12.0. The van der Waals surface area contributed by atoms with Crippen molar-refractivity contribution in [2.45, 2.75) is 43.5 Å². The molecule has 0 aliphatic carbocycles.